The van der Waals surface area contributed by atoms with Gasteiger partial charge in [0.25, 0.3) is 11.5 Å². The Hall–Kier alpha value is -2.61. The third-order valence-electron chi connectivity index (χ3n) is 5.46. The quantitative estimate of drug-likeness (QED) is 0.524. The molecule has 2 unspecified atom stereocenters. The molecule has 2 heterocycles. The summed E-state index contributed by atoms with van der Waals surface area (Å²) in [5.74, 6) is -3.22. The number of benzene rings is 1. The molecule has 8 heteroatoms. The van der Waals surface area contributed by atoms with Crippen LogP contribution in [0, 0.1) is 11.8 Å². The number of primary amides is 1. The molecule has 2 amide bonds. The molecule has 0 radical (unpaired) electrons. The SMILES string of the molecule is CC(C)C[C@H](C(=O)N1CCN(c2ccccc2)CC1)C1OC1(C(N)=O)C(=O)O. The van der Waals surface area contributed by atoms with Crippen molar-refractivity contribution in [1.82, 2.24) is 4.90 Å². The minimum absolute atomic E-state index is 0.142. The molecule has 1 aromatic rings. The molecule has 3 N–H and O–H groups in total. The Labute approximate surface area is 164 Å². The molecule has 2 aliphatic heterocycles. The molecule has 2 fully saturated rings. The summed E-state index contributed by atoms with van der Waals surface area (Å²) in [4.78, 5) is 40.4. The fourth-order valence-corrected chi connectivity index (χ4v) is 3.93. The molecule has 3 rings (SSSR count). The van der Waals surface area contributed by atoms with Crippen molar-refractivity contribution in [3.63, 3.8) is 0 Å². The van der Waals surface area contributed by atoms with Gasteiger partial charge in [0.05, 0.1) is 5.92 Å². The molecule has 1 aromatic carbocycles. The number of anilines is 1. The van der Waals surface area contributed by atoms with Gasteiger partial charge in [-0.3, -0.25) is 9.59 Å². The second kappa shape index (κ2) is 7.79. The summed E-state index contributed by atoms with van der Waals surface area (Å²) in [5.41, 5.74) is 4.30. The Morgan fingerprint density at radius 2 is 1.79 bits per heavy atom. The van der Waals surface area contributed by atoms with Gasteiger partial charge in [0.1, 0.15) is 6.10 Å². The van der Waals surface area contributed by atoms with Gasteiger partial charge in [-0.05, 0) is 24.5 Å². The summed E-state index contributed by atoms with van der Waals surface area (Å²) in [5, 5.41) is 9.42. The summed E-state index contributed by atoms with van der Waals surface area (Å²) in [7, 11) is 0. The van der Waals surface area contributed by atoms with Gasteiger partial charge >= 0.3 is 5.97 Å². The average molecular weight is 389 g/mol. The molecular formula is C20H27N3O5. The number of aliphatic carboxylic acids is 1. The number of carbonyl (C=O) groups excluding carboxylic acids is 2. The van der Waals surface area contributed by atoms with Crippen LogP contribution in [0.15, 0.2) is 30.3 Å². The van der Waals surface area contributed by atoms with E-state index < -0.39 is 29.5 Å². The van der Waals surface area contributed by atoms with Crippen LogP contribution in [0.25, 0.3) is 0 Å². The number of rotatable bonds is 7. The Balaban J connectivity index is 1.70. The highest BCUT2D eigenvalue weighted by Gasteiger charge is 2.72. The first-order valence-corrected chi connectivity index (χ1v) is 9.57. The number of hydrogen-bond acceptors (Lipinski definition) is 5. The summed E-state index contributed by atoms with van der Waals surface area (Å²) >= 11 is 0. The molecule has 2 aliphatic rings. The van der Waals surface area contributed by atoms with Crippen molar-refractivity contribution in [2.75, 3.05) is 31.1 Å². The Morgan fingerprint density at radius 1 is 1.18 bits per heavy atom. The fraction of sp³-hybridized carbons (Fsp3) is 0.550. The molecule has 2 saturated heterocycles. The smallest absolute Gasteiger partial charge is 0.348 e. The first-order chi connectivity index (χ1) is 13.3. The van der Waals surface area contributed by atoms with Gasteiger partial charge in [-0.15, -0.1) is 0 Å². The third kappa shape index (κ3) is 3.69. The topological polar surface area (TPSA) is 116 Å². The van der Waals surface area contributed by atoms with Crippen LogP contribution >= 0.6 is 0 Å². The highest BCUT2D eigenvalue weighted by molar-refractivity contribution is 6.09. The average Bonchev–Trinajstić information content (AvgIpc) is 3.43. The lowest BCUT2D eigenvalue weighted by atomic mass is 9.86. The van der Waals surface area contributed by atoms with Gasteiger partial charge in [0.2, 0.25) is 5.91 Å². The van der Waals surface area contributed by atoms with E-state index in [2.05, 4.69) is 4.90 Å². The van der Waals surface area contributed by atoms with Gasteiger partial charge in [-0.2, -0.15) is 0 Å². The number of amides is 2. The number of carboxylic acid groups (broad SMARTS) is 1. The van der Waals surface area contributed by atoms with E-state index in [9.17, 15) is 19.5 Å². The number of para-hydroxylation sites is 1. The van der Waals surface area contributed by atoms with Crippen LogP contribution in [-0.2, 0) is 19.1 Å². The van der Waals surface area contributed by atoms with Crippen LogP contribution in [0.1, 0.15) is 20.3 Å². The van der Waals surface area contributed by atoms with Crippen LogP contribution < -0.4 is 10.6 Å². The van der Waals surface area contributed by atoms with Gasteiger partial charge in [-0.25, -0.2) is 4.79 Å². The van der Waals surface area contributed by atoms with E-state index in [0.717, 1.165) is 5.69 Å². The lowest BCUT2D eigenvalue weighted by Crippen LogP contribution is -2.52. The van der Waals surface area contributed by atoms with Crippen molar-refractivity contribution in [3.8, 4) is 0 Å². The number of piperazine rings is 1. The summed E-state index contributed by atoms with van der Waals surface area (Å²) < 4.78 is 5.26. The van der Waals surface area contributed by atoms with Crippen LogP contribution in [0.3, 0.4) is 0 Å². The predicted octanol–water partition coefficient (Wildman–Crippen LogP) is 0.705. The second-order valence-corrected chi connectivity index (χ2v) is 7.83. The summed E-state index contributed by atoms with van der Waals surface area (Å²) in [6.07, 6.45) is -0.574. The van der Waals surface area contributed by atoms with E-state index in [-0.39, 0.29) is 11.8 Å². The lowest BCUT2D eigenvalue weighted by molar-refractivity contribution is -0.147. The maximum Gasteiger partial charge on any atom is 0.348 e. The lowest BCUT2D eigenvalue weighted by Gasteiger charge is -2.37. The van der Waals surface area contributed by atoms with Crippen LogP contribution in [0.4, 0.5) is 5.69 Å². The molecule has 8 nitrogen and oxygen atoms in total. The third-order valence-corrected chi connectivity index (χ3v) is 5.46. The molecule has 0 aromatic heterocycles. The summed E-state index contributed by atoms with van der Waals surface area (Å²) in [6, 6.07) is 9.98. The molecule has 0 saturated carbocycles. The fourth-order valence-electron chi connectivity index (χ4n) is 3.93. The van der Waals surface area contributed by atoms with E-state index in [4.69, 9.17) is 10.5 Å². The number of ether oxygens (including phenoxy) is 1. The number of nitrogens with two attached hydrogens (primary N) is 1. The maximum atomic E-state index is 13.2. The zero-order valence-corrected chi connectivity index (χ0v) is 16.2. The monoisotopic (exact) mass is 389 g/mol. The van der Waals surface area contributed by atoms with Crippen molar-refractivity contribution in [2.24, 2.45) is 17.6 Å². The molecular weight excluding hydrogens is 362 g/mol. The predicted molar refractivity (Wildman–Crippen MR) is 103 cm³/mol. The minimum atomic E-state index is -2.08. The van der Waals surface area contributed by atoms with Crippen molar-refractivity contribution < 1.29 is 24.2 Å². The zero-order chi connectivity index (χ0) is 20.5. The molecule has 0 spiro atoms. The highest BCUT2D eigenvalue weighted by atomic mass is 16.6. The van der Waals surface area contributed by atoms with E-state index in [0.29, 0.717) is 32.6 Å². The largest absolute Gasteiger partial charge is 0.479 e. The van der Waals surface area contributed by atoms with E-state index in [1.807, 2.05) is 44.2 Å². The maximum absolute atomic E-state index is 13.2. The molecule has 0 aliphatic carbocycles. The van der Waals surface area contributed by atoms with Gasteiger partial charge in [0.15, 0.2) is 0 Å². The van der Waals surface area contributed by atoms with Crippen molar-refractivity contribution in [3.05, 3.63) is 30.3 Å². The molecule has 28 heavy (non-hydrogen) atoms. The first kappa shape index (κ1) is 20.1. The Kier molecular flexibility index (Phi) is 5.60. The number of epoxide rings is 1. The van der Waals surface area contributed by atoms with E-state index in [1.54, 1.807) is 4.90 Å². The second-order valence-electron chi connectivity index (χ2n) is 7.83. The minimum Gasteiger partial charge on any atom is -0.479 e. The first-order valence-electron chi connectivity index (χ1n) is 9.57. The molecule has 152 valence electrons. The van der Waals surface area contributed by atoms with Crippen molar-refractivity contribution in [1.29, 1.82) is 0 Å². The normalized spacial score (nSPS) is 25.5. The summed E-state index contributed by atoms with van der Waals surface area (Å²) in [6.45, 7) is 6.34. The molecule has 3 atom stereocenters. The number of nitrogens with zero attached hydrogens (tertiary/aromatic N) is 2. The standard InChI is InChI=1S/C20H27N3O5/c1-13(2)12-15(16-20(28-16,18(21)25)19(26)27)17(24)23-10-8-22(9-11-23)14-6-4-3-5-7-14/h3-7,13,15-16H,8-12H2,1-2H3,(H2,21,25)(H,26,27)/t15-,16?,20?/m0/s1. The van der Waals surface area contributed by atoms with Gasteiger partial charge in [-0.1, -0.05) is 32.0 Å². The van der Waals surface area contributed by atoms with Gasteiger partial charge < -0.3 is 25.4 Å². The van der Waals surface area contributed by atoms with Crippen molar-refractivity contribution >= 4 is 23.5 Å². The number of carboxylic acids is 1. The van der Waals surface area contributed by atoms with Crippen molar-refractivity contribution in [2.45, 2.75) is 32.0 Å². The van der Waals surface area contributed by atoms with Crippen LogP contribution in [-0.4, -0.2) is 65.7 Å². The Morgan fingerprint density at radius 3 is 2.25 bits per heavy atom. The van der Waals surface area contributed by atoms with E-state index in [1.165, 1.54) is 0 Å². The number of carbonyl (C=O) groups is 3. The number of hydrogen-bond donors (Lipinski definition) is 2. The van der Waals surface area contributed by atoms with E-state index >= 15 is 0 Å². The Bertz CT molecular complexity index is 729. The molecule has 0 bridgehead atoms. The highest BCUT2D eigenvalue weighted by Crippen LogP contribution is 2.44. The van der Waals surface area contributed by atoms with Gasteiger partial charge in [0, 0.05) is 31.9 Å². The van der Waals surface area contributed by atoms with Crippen LogP contribution in [0.5, 0.6) is 0 Å². The van der Waals surface area contributed by atoms with Crippen LogP contribution in [0.2, 0.25) is 0 Å². The zero-order valence-electron chi connectivity index (χ0n) is 16.2.